The number of nitrogens with one attached hydrogen (secondary N) is 2. The van der Waals surface area contributed by atoms with Gasteiger partial charge in [0.25, 0.3) is 0 Å². The minimum Gasteiger partial charge on any atom is -0.358 e. The molecule has 1 aliphatic rings. The topological polar surface area (TPSA) is 27.8 Å². The van der Waals surface area contributed by atoms with Crippen molar-refractivity contribution < 1.29 is 0 Å². The summed E-state index contributed by atoms with van der Waals surface area (Å²) in [4.78, 5) is 3.61. The molecule has 2 heteroatoms. The fourth-order valence-electron chi connectivity index (χ4n) is 3.13. The van der Waals surface area contributed by atoms with Gasteiger partial charge in [0.2, 0.25) is 0 Å². The Morgan fingerprint density at radius 2 is 2.05 bits per heavy atom. The fourth-order valence-corrected chi connectivity index (χ4v) is 3.13. The molecule has 0 fully saturated rings. The van der Waals surface area contributed by atoms with Crippen LogP contribution >= 0.6 is 0 Å². The third-order valence-electron chi connectivity index (χ3n) is 4.46. The van der Waals surface area contributed by atoms with Crippen LogP contribution in [0, 0.1) is 0 Å². The molecule has 1 aromatic heterocycles. The molecule has 1 aromatic carbocycles. The van der Waals surface area contributed by atoms with Gasteiger partial charge in [-0.3, -0.25) is 0 Å². The van der Waals surface area contributed by atoms with Gasteiger partial charge in [0, 0.05) is 22.6 Å². The van der Waals surface area contributed by atoms with Gasteiger partial charge in [0.15, 0.2) is 0 Å². The van der Waals surface area contributed by atoms with Crippen LogP contribution in [0.2, 0.25) is 0 Å². The second-order valence-electron chi connectivity index (χ2n) is 6.82. The number of hydrogen-bond donors (Lipinski definition) is 2. The summed E-state index contributed by atoms with van der Waals surface area (Å²) < 4.78 is 0. The van der Waals surface area contributed by atoms with E-state index in [1.165, 1.54) is 40.6 Å². The van der Waals surface area contributed by atoms with Gasteiger partial charge in [-0.1, -0.05) is 26.8 Å². The highest BCUT2D eigenvalue weighted by Gasteiger charge is 2.22. The predicted octanol–water partition coefficient (Wildman–Crippen LogP) is 3.54. The maximum absolute atomic E-state index is 3.61. The van der Waals surface area contributed by atoms with E-state index >= 15 is 0 Å². The van der Waals surface area contributed by atoms with Gasteiger partial charge in [0.1, 0.15) is 0 Å². The molecule has 0 saturated heterocycles. The Hall–Kier alpha value is -1.28. The zero-order valence-corrected chi connectivity index (χ0v) is 12.4. The van der Waals surface area contributed by atoms with E-state index in [2.05, 4.69) is 56.3 Å². The Morgan fingerprint density at radius 1 is 1.26 bits per heavy atom. The molecule has 2 N–H and O–H groups in total. The monoisotopic (exact) mass is 256 g/mol. The van der Waals surface area contributed by atoms with Crippen molar-refractivity contribution in [2.24, 2.45) is 0 Å². The summed E-state index contributed by atoms with van der Waals surface area (Å²) in [7, 11) is 2.07. The lowest BCUT2D eigenvalue weighted by atomic mass is 9.85. The molecule has 0 bridgehead atoms. The highest BCUT2D eigenvalue weighted by atomic mass is 14.9. The first-order valence-corrected chi connectivity index (χ1v) is 7.30. The number of aromatic nitrogens is 1. The summed E-state index contributed by atoms with van der Waals surface area (Å²) in [5.41, 5.74) is 5.93. The lowest BCUT2D eigenvalue weighted by molar-refractivity contribution is 0.495. The number of rotatable bonds is 1. The average Bonchev–Trinajstić information content (AvgIpc) is 2.74. The number of aryl methyl sites for hydroxylation is 1. The Labute approximate surface area is 115 Å². The minimum absolute atomic E-state index is 0.218. The van der Waals surface area contributed by atoms with Crippen LogP contribution < -0.4 is 5.32 Å². The predicted molar refractivity (Wildman–Crippen MR) is 81.9 cm³/mol. The van der Waals surface area contributed by atoms with Crippen LogP contribution in [-0.4, -0.2) is 18.1 Å². The lowest BCUT2D eigenvalue weighted by Crippen LogP contribution is -2.31. The summed E-state index contributed by atoms with van der Waals surface area (Å²) in [5.74, 6) is 0. The normalized spacial score (nSPS) is 19.7. The molecule has 2 aromatic rings. The highest BCUT2D eigenvalue weighted by Crippen LogP contribution is 2.32. The first-order valence-electron chi connectivity index (χ1n) is 7.30. The van der Waals surface area contributed by atoms with E-state index in [9.17, 15) is 0 Å². The summed E-state index contributed by atoms with van der Waals surface area (Å²) in [6.45, 7) is 6.84. The molecule has 0 spiro atoms. The van der Waals surface area contributed by atoms with Crippen molar-refractivity contribution in [3.05, 3.63) is 35.0 Å². The van der Waals surface area contributed by atoms with E-state index in [0.717, 1.165) is 6.42 Å². The summed E-state index contributed by atoms with van der Waals surface area (Å²) in [5, 5.41) is 4.86. The number of H-pyrrole nitrogens is 1. The number of likely N-dealkylation sites (N-methyl/N-ethyl adjacent to an activating group) is 1. The molecule has 1 atom stereocenters. The van der Waals surface area contributed by atoms with E-state index in [0.29, 0.717) is 6.04 Å². The summed E-state index contributed by atoms with van der Waals surface area (Å²) in [6.07, 6.45) is 3.56. The maximum atomic E-state index is 3.61. The minimum atomic E-state index is 0.218. The average molecular weight is 256 g/mol. The zero-order chi connectivity index (χ0) is 13.6. The van der Waals surface area contributed by atoms with Crippen LogP contribution in [0.3, 0.4) is 0 Å². The standard InChI is InChI=1S/C17H24N2/c1-17(2,3)11-5-7-15-13(9-11)14-10-12(18-4)6-8-16(14)19-15/h5,7,9,12,18-19H,6,8,10H2,1-4H3. The van der Waals surface area contributed by atoms with Crippen LogP contribution in [0.1, 0.15) is 44.0 Å². The molecule has 0 aliphatic heterocycles. The smallest absolute Gasteiger partial charge is 0.0459 e. The third-order valence-corrected chi connectivity index (χ3v) is 4.46. The van der Waals surface area contributed by atoms with E-state index < -0.39 is 0 Å². The van der Waals surface area contributed by atoms with Gasteiger partial charge >= 0.3 is 0 Å². The molecule has 0 radical (unpaired) electrons. The van der Waals surface area contributed by atoms with Crippen LogP contribution in [0.4, 0.5) is 0 Å². The Kier molecular flexibility index (Phi) is 2.94. The first-order chi connectivity index (χ1) is 8.99. The van der Waals surface area contributed by atoms with Crippen LogP contribution in [-0.2, 0) is 18.3 Å². The first kappa shape index (κ1) is 12.7. The molecule has 1 unspecified atom stereocenters. The molecule has 0 saturated carbocycles. The number of fused-ring (bicyclic) bond motifs is 3. The van der Waals surface area contributed by atoms with E-state index in [-0.39, 0.29) is 5.41 Å². The molecule has 0 amide bonds. The van der Waals surface area contributed by atoms with E-state index in [1.54, 1.807) is 0 Å². The molecule has 2 nitrogen and oxygen atoms in total. The molecule has 3 rings (SSSR count). The fraction of sp³-hybridized carbons (Fsp3) is 0.529. The molecular weight excluding hydrogens is 232 g/mol. The number of hydrogen-bond acceptors (Lipinski definition) is 1. The molecule has 19 heavy (non-hydrogen) atoms. The maximum Gasteiger partial charge on any atom is 0.0459 e. The Morgan fingerprint density at radius 3 is 2.74 bits per heavy atom. The van der Waals surface area contributed by atoms with Gasteiger partial charge in [-0.05, 0) is 55.0 Å². The Balaban J connectivity index is 2.12. The summed E-state index contributed by atoms with van der Waals surface area (Å²) >= 11 is 0. The quantitative estimate of drug-likeness (QED) is 0.802. The van der Waals surface area contributed by atoms with Crippen molar-refractivity contribution in [2.75, 3.05) is 7.05 Å². The molecular formula is C17H24N2. The molecule has 1 aliphatic carbocycles. The zero-order valence-electron chi connectivity index (χ0n) is 12.4. The SMILES string of the molecule is CNC1CCc2[nH]c3ccc(C(C)(C)C)cc3c2C1. The van der Waals surface area contributed by atoms with Crippen molar-refractivity contribution in [1.82, 2.24) is 10.3 Å². The van der Waals surface area contributed by atoms with Crippen LogP contribution in [0.15, 0.2) is 18.2 Å². The van der Waals surface area contributed by atoms with Gasteiger partial charge in [-0.15, -0.1) is 0 Å². The second kappa shape index (κ2) is 4.38. The second-order valence-corrected chi connectivity index (χ2v) is 6.82. The van der Waals surface area contributed by atoms with Gasteiger partial charge in [0.05, 0.1) is 0 Å². The number of benzene rings is 1. The lowest BCUT2D eigenvalue weighted by Gasteiger charge is -2.22. The van der Waals surface area contributed by atoms with Crippen molar-refractivity contribution in [3.63, 3.8) is 0 Å². The molecule has 1 heterocycles. The van der Waals surface area contributed by atoms with Crippen molar-refractivity contribution in [2.45, 2.75) is 51.5 Å². The molecule has 102 valence electrons. The Bertz CT molecular complexity index is 601. The van der Waals surface area contributed by atoms with E-state index in [1.807, 2.05) is 0 Å². The van der Waals surface area contributed by atoms with Crippen LogP contribution in [0.25, 0.3) is 10.9 Å². The largest absolute Gasteiger partial charge is 0.358 e. The number of aromatic amines is 1. The van der Waals surface area contributed by atoms with Gasteiger partial charge < -0.3 is 10.3 Å². The third kappa shape index (κ3) is 2.18. The highest BCUT2D eigenvalue weighted by molar-refractivity contribution is 5.86. The van der Waals surface area contributed by atoms with Gasteiger partial charge in [-0.25, -0.2) is 0 Å². The van der Waals surface area contributed by atoms with E-state index in [4.69, 9.17) is 0 Å². The van der Waals surface area contributed by atoms with Crippen molar-refractivity contribution in [1.29, 1.82) is 0 Å². The van der Waals surface area contributed by atoms with Crippen LogP contribution in [0.5, 0.6) is 0 Å². The van der Waals surface area contributed by atoms with Crippen molar-refractivity contribution in [3.8, 4) is 0 Å². The van der Waals surface area contributed by atoms with Gasteiger partial charge in [-0.2, -0.15) is 0 Å². The van der Waals surface area contributed by atoms with Crippen molar-refractivity contribution >= 4 is 10.9 Å². The summed E-state index contributed by atoms with van der Waals surface area (Å²) in [6, 6.07) is 7.54.